The van der Waals surface area contributed by atoms with E-state index in [0.29, 0.717) is 6.42 Å². The number of fused-ring (bicyclic) bond motifs is 1. The molecule has 1 unspecified atom stereocenters. The highest BCUT2D eigenvalue weighted by Crippen LogP contribution is 2.25. The van der Waals surface area contributed by atoms with Crippen molar-refractivity contribution in [3.05, 3.63) is 53.4 Å². The first kappa shape index (κ1) is 12.4. The molecule has 0 spiro atoms. The highest BCUT2D eigenvalue weighted by Gasteiger charge is 2.35. The fraction of sp³-hybridized carbons (Fsp3) is 0.214. The number of aliphatic carboxylic acids is 1. The smallest absolute Gasteiger partial charge is 0.326 e. The van der Waals surface area contributed by atoms with Crippen molar-refractivity contribution < 1.29 is 19.2 Å². The normalized spacial score (nSPS) is 17.6. The summed E-state index contributed by atoms with van der Waals surface area (Å²) >= 11 is 0. The van der Waals surface area contributed by atoms with E-state index in [1.165, 1.54) is 17.2 Å². The minimum Gasteiger partial charge on any atom is -0.480 e. The van der Waals surface area contributed by atoms with Crippen molar-refractivity contribution in [2.45, 2.75) is 19.0 Å². The molecule has 1 atom stereocenters. The van der Waals surface area contributed by atoms with E-state index in [9.17, 15) is 14.7 Å². The third-order valence-electron chi connectivity index (χ3n) is 3.44. The molecule has 1 aromatic heterocycles. The second-order valence-corrected chi connectivity index (χ2v) is 4.64. The van der Waals surface area contributed by atoms with Gasteiger partial charge in [0.1, 0.15) is 6.04 Å². The highest BCUT2D eigenvalue weighted by molar-refractivity contribution is 5.94. The van der Waals surface area contributed by atoms with E-state index >= 15 is 0 Å². The molecule has 0 saturated heterocycles. The first-order valence-electron chi connectivity index (χ1n) is 6.18. The number of carbonyl (C=O) groups excluding carboxylic acids is 1. The molecule has 2 aromatic rings. The van der Waals surface area contributed by atoms with Crippen LogP contribution in [0.1, 0.15) is 21.7 Å². The number of nitrogens with zero attached hydrogens (tertiary/aromatic N) is 2. The van der Waals surface area contributed by atoms with Crippen LogP contribution in [0.3, 0.4) is 0 Å². The van der Waals surface area contributed by atoms with Gasteiger partial charge in [-0.05, 0) is 11.1 Å². The van der Waals surface area contributed by atoms with Gasteiger partial charge in [-0.1, -0.05) is 29.4 Å². The Morgan fingerprint density at radius 2 is 2.00 bits per heavy atom. The van der Waals surface area contributed by atoms with Crippen molar-refractivity contribution in [2.24, 2.45) is 0 Å². The summed E-state index contributed by atoms with van der Waals surface area (Å²) in [5.74, 6) is -1.42. The molecule has 1 aliphatic rings. The second-order valence-electron chi connectivity index (χ2n) is 4.64. The van der Waals surface area contributed by atoms with Crippen LogP contribution in [0.15, 0.2) is 41.1 Å². The molecule has 0 bridgehead atoms. The molecule has 0 fully saturated rings. The molecular weight excluding hydrogens is 260 g/mol. The van der Waals surface area contributed by atoms with Gasteiger partial charge in [-0.2, -0.15) is 0 Å². The number of hydrogen-bond donors (Lipinski definition) is 1. The van der Waals surface area contributed by atoms with Crippen LogP contribution in [0.5, 0.6) is 0 Å². The summed E-state index contributed by atoms with van der Waals surface area (Å²) in [7, 11) is 0. The Morgan fingerprint density at radius 1 is 1.25 bits per heavy atom. The number of carboxylic acid groups (broad SMARTS) is 1. The maximum Gasteiger partial charge on any atom is 0.326 e. The zero-order valence-electron chi connectivity index (χ0n) is 10.5. The van der Waals surface area contributed by atoms with Crippen LogP contribution in [0.2, 0.25) is 0 Å². The second kappa shape index (κ2) is 4.80. The molecule has 20 heavy (non-hydrogen) atoms. The van der Waals surface area contributed by atoms with E-state index in [-0.39, 0.29) is 12.3 Å². The van der Waals surface area contributed by atoms with Crippen LogP contribution >= 0.6 is 0 Å². The minimum absolute atomic E-state index is 0.0515. The lowest BCUT2D eigenvalue weighted by Gasteiger charge is -2.33. The van der Waals surface area contributed by atoms with Crippen molar-refractivity contribution in [2.75, 3.05) is 0 Å². The van der Waals surface area contributed by atoms with Crippen LogP contribution in [0.25, 0.3) is 0 Å². The molecule has 1 aromatic carbocycles. The Labute approximate surface area is 114 Å². The summed E-state index contributed by atoms with van der Waals surface area (Å²) in [6.45, 7) is 0.257. The Hall–Kier alpha value is -2.63. The number of aromatic nitrogens is 1. The molecule has 3 rings (SSSR count). The van der Waals surface area contributed by atoms with E-state index in [1.807, 2.05) is 24.3 Å². The highest BCUT2D eigenvalue weighted by atomic mass is 16.5. The monoisotopic (exact) mass is 272 g/mol. The lowest BCUT2D eigenvalue weighted by Crippen LogP contribution is -2.48. The molecule has 102 valence electrons. The van der Waals surface area contributed by atoms with Gasteiger partial charge in [0.05, 0.1) is 6.20 Å². The number of amides is 1. The van der Waals surface area contributed by atoms with Crippen LogP contribution in [-0.2, 0) is 17.8 Å². The summed E-state index contributed by atoms with van der Waals surface area (Å²) in [5.41, 5.74) is 1.92. The minimum atomic E-state index is -1.02. The molecule has 2 heterocycles. The first-order valence-corrected chi connectivity index (χ1v) is 6.18. The zero-order chi connectivity index (χ0) is 14.1. The largest absolute Gasteiger partial charge is 0.480 e. The maximum absolute atomic E-state index is 12.3. The van der Waals surface area contributed by atoms with Crippen LogP contribution in [0.4, 0.5) is 0 Å². The predicted octanol–water partition coefficient (Wildman–Crippen LogP) is 1.33. The van der Waals surface area contributed by atoms with Crippen molar-refractivity contribution in [1.29, 1.82) is 0 Å². The molecule has 1 aliphatic heterocycles. The van der Waals surface area contributed by atoms with Gasteiger partial charge in [0, 0.05) is 19.0 Å². The van der Waals surface area contributed by atoms with E-state index in [2.05, 4.69) is 5.16 Å². The van der Waals surface area contributed by atoms with Gasteiger partial charge >= 0.3 is 5.97 Å². The van der Waals surface area contributed by atoms with Crippen molar-refractivity contribution in [1.82, 2.24) is 10.1 Å². The van der Waals surface area contributed by atoms with E-state index in [1.54, 1.807) is 0 Å². The van der Waals surface area contributed by atoms with Crippen LogP contribution in [0, 0.1) is 0 Å². The number of carboxylic acids is 1. The van der Waals surface area contributed by atoms with Gasteiger partial charge in [-0.3, -0.25) is 4.79 Å². The van der Waals surface area contributed by atoms with Crippen molar-refractivity contribution >= 4 is 11.9 Å². The summed E-state index contributed by atoms with van der Waals surface area (Å²) in [6.07, 6.45) is 1.66. The van der Waals surface area contributed by atoms with Gasteiger partial charge in [0.25, 0.3) is 5.91 Å². The Kier molecular flexibility index (Phi) is 2.98. The average Bonchev–Trinajstić information content (AvgIpc) is 2.99. The van der Waals surface area contributed by atoms with E-state index < -0.39 is 17.9 Å². The quantitative estimate of drug-likeness (QED) is 0.891. The standard InChI is InChI=1S/C14H12N2O4/c17-13(12-5-6-15-20-12)16-8-10-4-2-1-3-9(10)7-11(16)14(18)19/h1-6,11H,7-8H2,(H,18,19). The van der Waals surface area contributed by atoms with Crippen molar-refractivity contribution in [3.63, 3.8) is 0 Å². The Bertz CT molecular complexity index is 651. The molecule has 1 amide bonds. The third-order valence-corrected chi connectivity index (χ3v) is 3.44. The Balaban J connectivity index is 1.96. The lowest BCUT2D eigenvalue weighted by molar-refractivity contribution is -0.142. The summed E-state index contributed by atoms with van der Waals surface area (Å²) in [5, 5.41) is 12.8. The number of hydrogen-bond acceptors (Lipinski definition) is 4. The first-order chi connectivity index (χ1) is 9.66. The summed E-state index contributed by atoms with van der Waals surface area (Å²) < 4.78 is 4.83. The van der Waals surface area contributed by atoms with Crippen molar-refractivity contribution in [3.8, 4) is 0 Å². The van der Waals surface area contributed by atoms with Crippen LogP contribution < -0.4 is 0 Å². The van der Waals surface area contributed by atoms with Gasteiger partial charge < -0.3 is 14.5 Å². The fourth-order valence-electron chi connectivity index (χ4n) is 2.42. The Morgan fingerprint density at radius 3 is 2.65 bits per heavy atom. The number of benzene rings is 1. The topological polar surface area (TPSA) is 83.6 Å². The zero-order valence-corrected chi connectivity index (χ0v) is 10.5. The molecule has 6 heteroatoms. The van der Waals surface area contributed by atoms with E-state index in [4.69, 9.17) is 4.52 Å². The van der Waals surface area contributed by atoms with Crippen LogP contribution in [-0.4, -0.2) is 33.1 Å². The van der Waals surface area contributed by atoms with E-state index in [0.717, 1.165) is 11.1 Å². The van der Waals surface area contributed by atoms with Gasteiger partial charge in [-0.25, -0.2) is 4.79 Å². The van der Waals surface area contributed by atoms with Gasteiger partial charge in [0.2, 0.25) is 5.76 Å². The molecule has 0 aliphatic carbocycles. The average molecular weight is 272 g/mol. The number of rotatable bonds is 2. The lowest BCUT2D eigenvalue weighted by atomic mass is 9.94. The van der Waals surface area contributed by atoms with Gasteiger partial charge in [-0.15, -0.1) is 0 Å². The SMILES string of the molecule is O=C(O)C1Cc2ccccc2CN1C(=O)c1ccno1. The van der Waals surface area contributed by atoms with Gasteiger partial charge in [0.15, 0.2) is 0 Å². The maximum atomic E-state index is 12.3. The fourth-order valence-corrected chi connectivity index (χ4v) is 2.42. The molecule has 1 N–H and O–H groups in total. The summed E-state index contributed by atoms with van der Waals surface area (Å²) in [6, 6.07) is 8.07. The predicted molar refractivity (Wildman–Crippen MR) is 67.9 cm³/mol. The molecular formula is C14H12N2O4. The number of carbonyl (C=O) groups is 2. The molecule has 0 saturated carbocycles. The molecule has 6 nitrogen and oxygen atoms in total. The third kappa shape index (κ3) is 2.05. The molecule has 0 radical (unpaired) electrons. The summed E-state index contributed by atoms with van der Waals surface area (Å²) in [4.78, 5) is 25.0.